The molecule has 6 heteroatoms. The van der Waals surface area contributed by atoms with Crippen LogP contribution in [0.3, 0.4) is 0 Å². The van der Waals surface area contributed by atoms with Gasteiger partial charge in [0.1, 0.15) is 0 Å². The van der Waals surface area contributed by atoms with Gasteiger partial charge in [-0.05, 0) is 29.2 Å². The fourth-order valence-corrected chi connectivity index (χ4v) is 2.00. The number of aromatic nitrogens is 2. The van der Waals surface area contributed by atoms with E-state index < -0.39 is 4.92 Å². The Hall–Kier alpha value is -1.85. The van der Waals surface area contributed by atoms with Gasteiger partial charge in [0.15, 0.2) is 0 Å². The summed E-state index contributed by atoms with van der Waals surface area (Å²) in [6.45, 7) is 1.76. The standard InChI is InChI=1S/C11H16N4O2/c1-8-12-11(15(16)17)10(14(8)2)13-9-6-4-3-5-7-9/h3-4,9,13H,5-7H2,1-2H3. The molecule has 0 radical (unpaired) electrons. The molecule has 0 spiro atoms. The maximum absolute atomic E-state index is 10.9. The van der Waals surface area contributed by atoms with Gasteiger partial charge in [0.2, 0.25) is 11.6 Å². The Labute approximate surface area is 99.5 Å². The van der Waals surface area contributed by atoms with E-state index in [0.29, 0.717) is 11.6 Å². The van der Waals surface area contributed by atoms with Crippen LogP contribution in [-0.4, -0.2) is 20.5 Å². The summed E-state index contributed by atoms with van der Waals surface area (Å²) < 4.78 is 1.73. The summed E-state index contributed by atoms with van der Waals surface area (Å²) in [4.78, 5) is 14.4. The summed E-state index contributed by atoms with van der Waals surface area (Å²) in [5.41, 5.74) is 0. The Balaban J connectivity index is 2.24. The molecule has 0 amide bonds. The number of rotatable bonds is 3. The number of hydrogen-bond acceptors (Lipinski definition) is 4. The molecule has 1 N–H and O–H groups in total. The highest BCUT2D eigenvalue weighted by Gasteiger charge is 2.25. The van der Waals surface area contributed by atoms with Crippen molar-refractivity contribution < 1.29 is 4.92 Å². The normalized spacial score (nSPS) is 19.3. The number of allylic oxidation sites excluding steroid dienone is 1. The average Bonchev–Trinajstić information content (AvgIpc) is 2.59. The first-order valence-electron chi connectivity index (χ1n) is 5.69. The quantitative estimate of drug-likeness (QED) is 0.496. The van der Waals surface area contributed by atoms with Crippen molar-refractivity contribution in [1.82, 2.24) is 9.55 Å². The van der Waals surface area contributed by atoms with Crippen molar-refractivity contribution in [3.05, 3.63) is 28.1 Å². The van der Waals surface area contributed by atoms with Crippen LogP contribution in [0.1, 0.15) is 25.1 Å². The van der Waals surface area contributed by atoms with Gasteiger partial charge in [-0.3, -0.25) is 4.57 Å². The van der Waals surface area contributed by atoms with Gasteiger partial charge in [0.05, 0.1) is 0 Å². The van der Waals surface area contributed by atoms with Crippen LogP contribution in [0.2, 0.25) is 0 Å². The van der Waals surface area contributed by atoms with Gasteiger partial charge >= 0.3 is 5.82 Å². The molecule has 6 nitrogen and oxygen atoms in total. The van der Waals surface area contributed by atoms with E-state index in [9.17, 15) is 10.1 Å². The van der Waals surface area contributed by atoms with Crippen LogP contribution >= 0.6 is 0 Å². The molecule has 1 heterocycles. The molecule has 92 valence electrons. The van der Waals surface area contributed by atoms with Crippen LogP contribution in [0.15, 0.2) is 12.2 Å². The van der Waals surface area contributed by atoms with Crippen molar-refractivity contribution in [1.29, 1.82) is 0 Å². The van der Waals surface area contributed by atoms with Crippen LogP contribution in [-0.2, 0) is 7.05 Å². The summed E-state index contributed by atoms with van der Waals surface area (Å²) in [7, 11) is 1.79. The Morgan fingerprint density at radius 1 is 1.59 bits per heavy atom. The van der Waals surface area contributed by atoms with Gasteiger partial charge in [0, 0.05) is 20.0 Å². The predicted octanol–water partition coefficient (Wildman–Crippen LogP) is 2.16. The van der Waals surface area contributed by atoms with E-state index in [2.05, 4.69) is 22.5 Å². The molecular weight excluding hydrogens is 220 g/mol. The van der Waals surface area contributed by atoms with E-state index in [-0.39, 0.29) is 11.9 Å². The minimum absolute atomic E-state index is 0.0837. The highest BCUT2D eigenvalue weighted by Crippen LogP contribution is 2.26. The second-order valence-electron chi connectivity index (χ2n) is 4.27. The number of nitrogens with one attached hydrogen (secondary N) is 1. The molecule has 17 heavy (non-hydrogen) atoms. The molecule has 1 aromatic heterocycles. The first-order chi connectivity index (χ1) is 8.09. The van der Waals surface area contributed by atoms with E-state index in [1.54, 1.807) is 18.5 Å². The summed E-state index contributed by atoms with van der Waals surface area (Å²) >= 11 is 0. The topological polar surface area (TPSA) is 73.0 Å². The number of nitro groups is 1. The van der Waals surface area contributed by atoms with Crippen molar-refractivity contribution >= 4 is 11.6 Å². The largest absolute Gasteiger partial charge is 0.406 e. The molecule has 0 saturated heterocycles. The summed E-state index contributed by atoms with van der Waals surface area (Å²) in [5, 5.41) is 14.1. The number of anilines is 1. The van der Waals surface area contributed by atoms with Crippen LogP contribution in [0, 0.1) is 17.0 Å². The number of aryl methyl sites for hydroxylation is 1. The van der Waals surface area contributed by atoms with Crippen molar-refractivity contribution in [2.45, 2.75) is 32.2 Å². The SMILES string of the molecule is Cc1nc([N+](=O)[O-])c(NC2CC=CCC2)n1C. The van der Waals surface area contributed by atoms with E-state index in [1.807, 2.05) is 0 Å². The van der Waals surface area contributed by atoms with Gasteiger partial charge in [0.25, 0.3) is 0 Å². The monoisotopic (exact) mass is 236 g/mol. The fourth-order valence-electron chi connectivity index (χ4n) is 2.00. The minimum Gasteiger partial charge on any atom is -0.361 e. The molecule has 0 fully saturated rings. The van der Waals surface area contributed by atoms with Crippen LogP contribution in [0.4, 0.5) is 11.6 Å². The highest BCUT2D eigenvalue weighted by atomic mass is 16.6. The average molecular weight is 236 g/mol. The molecule has 0 aliphatic heterocycles. The predicted molar refractivity (Wildman–Crippen MR) is 65.0 cm³/mol. The molecule has 0 bridgehead atoms. The van der Waals surface area contributed by atoms with Gasteiger partial charge in [-0.2, -0.15) is 0 Å². The van der Waals surface area contributed by atoms with Gasteiger partial charge in [-0.15, -0.1) is 0 Å². The number of hydrogen-bond donors (Lipinski definition) is 1. The second-order valence-corrected chi connectivity index (χ2v) is 4.27. The molecule has 0 aromatic carbocycles. The van der Waals surface area contributed by atoms with Gasteiger partial charge in [-0.25, -0.2) is 0 Å². The lowest BCUT2D eigenvalue weighted by Gasteiger charge is -2.20. The van der Waals surface area contributed by atoms with Gasteiger partial charge < -0.3 is 15.4 Å². The summed E-state index contributed by atoms with van der Waals surface area (Å²) in [5.74, 6) is 1.07. The lowest BCUT2D eigenvalue weighted by Crippen LogP contribution is -2.22. The third kappa shape index (κ3) is 2.30. The first-order valence-corrected chi connectivity index (χ1v) is 5.69. The Kier molecular flexibility index (Phi) is 3.12. The minimum atomic E-state index is -0.437. The second kappa shape index (κ2) is 4.57. The lowest BCUT2D eigenvalue weighted by atomic mass is 10.0. The molecular formula is C11H16N4O2. The van der Waals surface area contributed by atoms with Crippen molar-refractivity contribution in [3.63, 3.8) is 0 Å². The van der Waals surface area contributed by atoms with E-state index in [1.165, 1.54) is 0 Å². The Bertz CT molecular complexity index is 464. The smallest absolute Gasteiger partial charge is 0.361 e. The fraction of sp³-hybridized carbons (Fsp3) is 0.545. The van der Waals surface area contributed by atoms with Gasteiger partial charge in [-0.1, -0.05) is 12.2 Å². The van der Waals surface area contributed by atoms with E-state index in [4.69, 9.17) is 0 Å². The molecule has 1 aliphatic carbocycles. The van der Waals surface area contributed by atoms with E-state index >= 15 is 0 Å². The number of imidazole rings is 1. The third-order valence-electron chi connectivity index (χ3n) is 3.08. The molecule has 1 aromatic rings. The Morgan fingerprint density at radius 3 is 2.94 bits per heavy atom. The zero-order chi connectivity index (χ0) is 12.4. The molecule has 1 aliphatic rings. The van der Waals surface area contributed by atoms with Crippen LogP contribution in [0.25, 0.3) is 0 Å². The van der Waals surface area contributed by atoms with E-state index in [0.717, 1.165) is 19.3 Å². The van der Waals surface area contributed by atoms with Crippen molar-refractivity contribution in [3.8, 4) is 0 Å². The van der Waals surface area contributed by atoms with Crippen LogP contribution < -0.4 is 5.32 Å². The summed E-state index contributed by atoms with van der Waals surface area (Å²) in [6, 6.07) is 0.258. The highest BCUT2D eigenvalue weighted by molar-refractivity contribution is 5.54. The third-order valence-corrected chi connectivity index (χ3v) is 3.08. The number of nitrogens with zero attached hydrogens (tertiary/aromatic N) is 3. The molecule has 2 rings (SSSR count). The zero-order valence-corrected chi connectivity index (χ0v) is 10.0. The molecule has 1 unspecified atom stereocenters. The Morgan fingerprint density at radius 2 is 2.35 bits per heavy atom. The maximum Gasteiger partial charge on any atom is 0.406 e. The van der Waals surface area contributed by atoms with Crippen molar-refractivity contribution in [2.75, 3.05) is 5.32 Å². The lowest BCUT2D eigenvalue weighted by molar-refractivity contribution is -0.388. The summed E-state index contributed by atoms with van der Waals surface area (Å²) in [6.07, 6.45) is 7.17. The van der Waals surface area contributed by atoms with Crippen molar-refractivity contribution in [2.24, 2.45) is 7.05 Å². The molecule has 0 saturated carbocycles. The van der Waals surface area contributed by atoms with Crippen LogP contribution in [0.5, 0.6) is 0 Å². The zero-order valence-electron chi connectivity index (χ0n) is 10.0. The maximum atomic E-state index is 10.9. The first kappa shape index (κ1) is 11.6. The molecule has 1 atom stereocenters.